The van der Waals surface area contributed by atoms with Gasteiger partial charge in [0.05, 0.1) is 6.61 Å². The second-order valence-electron chi connectivity index (χ2n) is 5.14. The molecule has 0 saturated heterocycles. The Morgan fingerprint density at radius 2 is 1.87 bits per heavy atom. The lowest BCUT2D eigenvalue weighted by molar-refractivity contribution is -0.114. The molecular weight excluding hydrogens is 294 g/mol. The second-order valence-corrected chi connectivity index (χ2v) is 5.14. The number of phenols is 1. The van der Waals surface area contributed by atoms with E-state index in [-0.39, 0.29) is 23.8 Å². The summed E-state index contributed by atoms with van der Waals surface area (Å²) in [6, 6.07) is 14.2. The average Bonchev–Trinajstić information content (AvgIpc) is 2.53. The summed E-state index contributed by atoms with van der Waals surface area (Å²) in [5, 5.41) is 12.3. The van der Waals surface area contributed by atoms with Gasteiger partial charge < -0.3 is 15.2 Å². The molecule has 0 spiro atoms. The van der Waals surface area contributed by atoms with Gasteiger partial charge in [-0.2, -0.15) is 0 Å². The third-order valence-electron chi connectivity index (χ3n) is 3.22. The summed E-state index contributed by atoms with van der Waals surface area (Å²) in [5.74, 6) is -1.03. The van der Waals surface area contributed by atoms with Gasteiger partial charge in [-0.1, -0.05) is 30.3 Å². The van der Waals surface area contributed by atoms with E-state index in [2.05, 4.69) is 5.32 Å². The van der Waals surface area contributed by atoms with Crippen LogP contribution in [0, 0.1) is 0 Å². The van der Waals surface area contributed by atoms with E-state index in [1.807, 2.05) is 30.3 Å². The number of anilines is 1. The summed E-state index contributed by atoms with van der Waals surface area (Å²) in [6.45, 7) is 1.63. The van der Waals surface area contributed by atoms with Gasteiger partial charge in [-0.25, -0.2) is 4.79 Å². The van der Waals surface area contributed by atoms with Crippen LogP contribution in [0.25, 0.3) is 0 Å². The van der Waals surface area contributed by atoms with Crippen LogP contribution in [-0.2, 0) is 16.0 Å². The van der Waals surface area contributed by atoms with Crippen molar-refractivity contribution in [2.45, 2.75) is 19.8 Å². The lowest BCUT2D eigenvalue weighted by Crippen LogP contribution is -2.10. The van der Waals surface area contributed by atoms with Crippen LogP contribution in [0.2, 0.25) is 0 Å². The number of nitrogens with one attached hydrogen (secondary N) is 1. The molecule has 2 N–H and O–H groups in total. The first-order valence-corrected chi connectivity index (χ1v) is 7.38. The lowest BCUT2D eigenvalue weighted by Gasteiger charge is -2.09. The third kappa shape index (κ3) is 5.14. The van der Waals surface area contributed by atoms with Crippen LogP contribution in [-0.4, -0.2) is 23.6 Å². The minimum Gasteiger partial charge on any atom is -0.507 e. The van der Waals surface area contributed by atoms with Crippen LogP contribution in [0.1, 0.15) is 29.3 Å². The zero-order chi connectivity index (χ0) is 16.7. The number of carbonyl (C=O) groups is 2. The smallest absolute Gasteiger partial charge is 0.341 e. The van der Waals surface area contributed by atoms with Gasteiger partial charge in [0.15, 0.2) is 0 Å². The summed E-state index contributed by atoms with van der Waals surface area (Å²) in [6.07, 6.45) is 1.51. The molecule has 0 unspecified atom stereocenters. The molecule has 0 saturated carbocycles. The molecule has 2 aromatic carbocycles. The molecular formula is C18H19NO4. The molecule has 0 fully saturated rings. The fraction of sp³-hybridized carbons (Fsp3) is 0.222. The first-order valence-electron chi connectivity index (χ1n) is 7.38. The Balaban J connectivity index is 1.88. The van der Waals surface area contributed by atoms with Crippen molar-refractivity contribution in [1.29, 1.82) is 0 Å². The highest BCUT2D eigenvalue weighted by Gasteiger charge is 2.13. The Kier molecular flexibility index (Phi) is 5.74. The molecule has 0 aliphatic rings. The zero-order valence-electron chi connectivity index (χ0n) is 12.9. The van der Waals surface area contributed by atoms with Gasteiger partial charge in [0.1, 0.15) is 11.3 Å². The van der Waals surface area contributed by atoms with Gasteiger partial charge in [0, 0.05) is 12.6 Å². The third-order valence-corrected chi connectivity index (χ3v) is 3.22. The number of phenolic OH excluding ortho intramolecular Hbond substituents is 1. The molecule has 0 aromatic heterocycles. The van der Waals surface area contributed by atoms with Crippen LogP contribution in [0.5, 0.6) is 5.75 Å². The molecule has 0 heterocycles. The fourth-order valence-electron chi connectivity index (χ4n) is 2.14. The molecule has 120 valence electrons. The molecule has 0 bridgehead atoms. The molecule has 0 atom stereocenters. The van der Waals surface area contributed by atoms with E-state index in [1.165, 1.54) is 30.7 Å². The van der Waals surface area contributed by atoms with Gasteiger partial charge in [-0.3, -0.25) is 4.79 Å². The molecule has 5 heteroatoms. The van der Waals surface area contributed by atoms with Crippen molar-refractivity contribution in [2.24, 2.45) is 0 Å². The largest absolute Gasteiger partial charge is 0.507 e. The maximum absolute atomic E-state index is 12.0. The molecule has 0 aliphatic carbocycles. The lowest BCUT2D eigenvalue weighted by atomic mass is 10.1. The van der Waals surface area contributed by atoms with E-state index >= 15 is 0 Å². The number of amides is 1. The Hall–Kier alpha value is -2.82. The van der Waals surface area contributed by atoms with Crippen molar-refractivity contribution in [3.63, 3.8) is 0 Å². The molecule has 2 rings (SSSR count). The van der Waals surface area contributed by atoms with Crippen molar-refractivity contribution in [3.05, 3.63) is 59.7 Å². The summed E-state index contributed by atoms with van der Waals surface area (Å²) in [4.78, 5) is 23.1. The zero-order valence-corrected chi connectivity index (χ0v) is 12.9. The molecule has 1 amide bonds. The molecule has 2 aromatic rings. The number of hydrogen-bond acceptors (Lipinski definition) is 4. The highest BCUT2D eigenvalue weighted by Crippen LogP contribution is 2.22. The van der Waals surface area contributed by atoms with Crippen LogP contribution >= 0.6 is 0 Å². The van der Waals surface area contributed by atoms with E-state index in [1.54, 1.807) is 0 Å². The number of benzene rings is 2. The Morgan fingerprint density at radius 3 is 2.57 bits per heavy atom. The van der Waals surface area contributed by atoms with Crippen LogP contribution < -0.4 is 5.32 Å². The van der Waals surface area contributed by atoms with Crippen molar-refractivity contribution >= 4 is 17.6 Å². The van der Waals surface area contributed by atoms with Gasteiger partial charge in [-0.05, 0) is 36.6 Å². The van der Waals surface area contributed by atoms with Crippen molar-refractivity contribution in [2.75, 3.05) is 11.9 Å². The van der Waals surface area contributed by atoms with Gasteiger partial charge >= 0.3 is 5.97 Å². The van der Waals surface area contributed by atoms with Crippen molar-refractivity contribution in [3.8, 4) is 5.75 Å². The molecule has 0 aliphatic heterocycles. The monoisotopic (exact) mass is 313 g/mol. The van der Waals surface area contributed by atoms with E-state index in [0.29, 0.717) is 12.1 Å². The highest BCUT2D eigenvalue weighted by molar-refractivity contribution is 5.95. The van der Waals surface area contributed by atoms with E-state index < -0.39 is 5.97 Å². The summed E-state index contributed by atoms with van der Waals surface area (Å²) in [5.41, 5.74) is 1.65. The number of ether oxygens (including phenoxy) is 1. The minimum absolute atomic E-state index is 0.0379. The molecule has 5 nitrogen and oxygen atoms in total. The summed E-state index contributed by atoms with van der Waals surface area (Å²) >= 11 is 0. The molecule has 23 heavy (non-hydrogen) atoms. The van der Waals surface area contributed by atoms with E-state index in [4.69, 9.17) is 4.74 Å². The number of aryl methyl sites for hydroxylation is 1. The predicted octanol–water partition coefficient (Wildman–Crippen LogP) is 3.14. The predicted molar refractivity (Wildman–Crippen MR) is 87.5 cm³/mol. The van der Waals surface area contributed by atoms with E-state index in [9.17, 15) is 14.7 Å². The van der Waals surface area contributed by atoms with E-state index in [0.717, 1.165) is 6.42 Å². The maximum Gasteiger partial charge on any atom is 0.341 e. The topological polar surface area (TPSA) is 75.6 Å². The fourth-order valence-corrected chi connectivity index (χ4v) is 2.14. The standard InChI is InChI=1S/C18H19NO4/c1-13(20)19-15-9-10-17(21)16(12-15)18(22)23-11-5-8-14-6-3-2-4-7-14/h2-4,6-7,9-10,12,21H,5,8,11H2,1H3,(H,19,20). The first kappa shape index (κ1) is 16.5. The van der Waals surface area contributed by atoms with Crippen LogP contribution in [0.4, 0.5) is 5.69 Å². The Labute approximate surface area is 134 Å². The Bertz CT molecular complexity index is 683. The average molecular weight is 313 g/mol. The van der Waals surface area contributed by atoms with Gasteiger partial charge in [-0.15, -0.1) is 0 Å². The maximum atomic E-state index is 12.0. The summed E-state index contributed by atoms with van der Waals surface area (Å²) in [7, 11) is 0. The number of rotatable bonds is 6. The minimum atomic E-state index is -0.609. The quantitative estimate of drug-likeness (QED) is 0.488. The molecule has 0 radical (unpaired) electrons. The van der Waals surface area contributed by atoms with Crippen LogP contribution in [0.15, 0.2) is 48.5 Å². The number of carbonyl (C=O) groups excluding carboxylic acids is 2. The van der Waals surface area contributed by atoms with Crippen LogP contribution in [0.3, 0.4) is 0 Å². The van der Waals surface area contributed by atoms with Gasteiger partial charge in [0.25, 0.3) is 0 Å². The first-order chi connectivity index (χ1) is 11.1. The van der Waals surface area contributed by atoms with Crippen molar-refractivity contribution < 1.29 is 19.4 Å². The normalized spacial score (nSPS) is 10.1. The highest BCUT2D eigenvalue weighted by atomic mass is 16.5. The van der Waals surface area contributed by atoms with Crippen molar-refractivity contribution in [1.82, 2.24) is 0 Å². The Morgan fingerprint density at radius 1 is 1.13 bits per heavy atom. The second kappa shape index (κ2) is 7.98. The summed E-state index contributed by atoms with van der Waals surface area (Å²) < 4.78 is 5.18. The van der Waals surface area contributed by atoms with Gasteiger partial charge in [0.2, 0.25) is 5.91 Å². The SMILES string of the molecule is CC(=O)Nc1ccc(O)c(C(=O)OCCCc2ccccc2)c1. The number of aromatic hydroxyl groups is 1. The number of hydrogen-bond donors (Lipinski definition) is 2. The number of esters is 1.